The van der Waals surface area contributed by atoms with Crippen LogP contribution in [-0.4, -0.2) is 17.3 Å². The normalized spacial score (nSPS) is 29.6. The van der Waals surface area contributed by atoms with Gasteiger partial charge in [0.2, 0.25) is 0 Å². The lowest BCUT2D eigenvalue weighted by Crippen LogP contribution is -2.60. The maximum absolute atomic E-state index is 10.7. The van der Waals surface area contributed by atoms with Crippen molar-refractivity contribution in [1.29, 1.82) is 0 Å². The van der Waals surface area contributed by atoms with Gasteiger partial charge in [-0.25, -0.2) is 0 Å². The van der Waals surface area contributed by atoms with Crippen LogP contribution in [0.3, 0.4) is 0 Å². The van der Waals surface area contributed by atoms with Crippen molar-refractivity contribution in [2.45, 2.75) is 25.6 Å². The number of rotatable bonds is 3. The van der Waals surface area contributed by atoms with Gasteiger partial charge in [-0.1, -0.05) is 50.3 Å². The summed E-state index contributed by atoms with van der Waals surface area (Å²) in [6.07, 6.45) is 1.55. The molecule has 1 aliphatic heterocycles. The largest absolute Gasteiger partial charge is 0.383 e. The van der Waals surface area contributed by atoms with Gasteiger partial charge in [-0.2, -0.15) is 0 Å². The second-order valence-corrected chi connectivity index (χ2v) is 4.95. The molecule has 1 aliphatic rings. The molecule has 1 heterocycles. The molecule has 0 amide bonds. The van der Waals surface area contributed by atoms with Gasteiger partial charge in [0.25, 0.3) is 0 Å². The van der Waals surface area contributed by atoms with E-state index < -0.39 is 5.60 Å². The van der Waals surface area contributed by atoms with Crippen molar-refractivity contribution in [3.8, 4) is 0 Å². The average molecular weight is 218 g/mol. The highest BCUT2D eigenvalue weighted by atomic mass is 16.6. The highest BCUT2D eigenvalue weighted by Crippen LogP contribution is 2.50. The first-order valence-electron chi connectivity index (χ1n) is 5.54. The van der Waals surface area contributed by atoms with Crippen LogP contribution in [-0.2, 0) is 4.74 Å². The van der Waals surface area contributed by atoms with Crippen molar-refractivity contribution < 1.29 is 9.84 Å². The zero-order valence-corrected chi connectivity index (χ0v) is 9.81. The van der Waals surface area contributed by atoms with E-state index in [2.05, 4.69) is 6.58 Å². The minimum absolute atomic E-state index is 0.248. The molecule has 0 aliphatic carbocycles. The maximum Gasteiger partial charge on any atom is 0.127 e. The Morgan fingerprint density at radius 3 is 2.50 bits per heavy atom. The predicted molar refractivity (Wildman–Crippen MR) is 64.1 cm³/mol. The molecule has 1 fully saturated rings. The van der Waals surface area contributed by atoms with Crippen LogP contribution in [0, 0.1) is 5.41 Å². The van der Waals surface area contributed by atoms with Crippen molar-refractivity contribution in [2.75, 3.05) is 6.61 Å². The number of ether oxygens (including phenoxy) is 1. The van der Waals surface area contributed by atoms with E-state index >= 15 is 0 Å². The van der Waals surface area contributed by atoms with Crippen molar-refractivity contribution in [3.63, 3.8) is 0 Å². The fraction of sp³-hybridized carbons (Fsp3) is 0.429. The van der Waals surface area contributed by atoms with Crippen molar-refractivity contribution in [1.82, 2.24) is 0 Å². The van der Waals surface area contributed by atoms with Crippen molar-refractivity contribution in [2.24, 2.45) is 5.41 Å². The molecule has 86 valence electrons. The molecule has 0 bridgehead atoms. The van der Waals surface area contributed by atoms with Crippen LogP contribution in [0.15, 0.2) is 43.0 Å². The number of benzene rings is 1. The Labute approximate surface area is 96.6 Å². The fourth-order valence-corrected chi connectivity index (χ4v) is 2.02. The first-order valence-corrected chi connectivity index (χ1v) is 5.54. The molecule has 1 aromatic carbocycles. The van der Waals surface area contributed by atoms with Gasteiger partial charge in [-0.3, -0.25) is 0 Å². The van der Waals surface area contributed by atoms with E-state index in [9.17, 15) is 5.11 Å². The second kappa shape index (κ2) is 3.72. The van der Waals surface area contributed by atoms with Gasteiger partial charge in [0.1, 0.15) is 11.7 Å². The van der Waals surface area contributed by atoms with Crippen LogP contribution in [0.4, 0.5) is 0 Å². The van der Waals surface area contributed by atoms with Crippen LogP contribution in [0.1, 0.15) is 25.5 Å². The van der Waals surface area contributed by atoms with E-state index in [-0.39, 0.29) is 11.5 Å². The van der Waals surface area contributed by atoms with E-state index in [0.29, 0.717) is 6.61 Å². The van der Waals surface area contributed by atoms with E-state index in [1.54, 1.807) is 6.08 Å². The predicted octanol–water partition coefficient (Wildman–Crippen LogP) is 2.70. The molecular formula is C14H18O2. The van der Waals surface area contributed by atoms with E-state index in [1.807, 2.05) is 44.2 Å². The molecule has 0 radical (unpaired) electrons. The summed E-state index contributed by atoms with van der Waals surface area (Å²) in [5.74, 6) is 0. The number of aliphatic hydroxyl groups is 1. The van der Waals surface area contributed by atoms with Gasteiger partial charge < -0.3 is 9.84 Å². The highest BCUT2D eigenvalue weighted by Gasteiger charge is 2.56. The minimum atomic E-state index is -0.851. The first kappa shape index (κ1) is 11.4. The Hall–Kier alpha value is -1.12. The van der Waals surface area contributed by atoms with E-state index in [1.165, 1.54) is 0 Å². The summed E-state index contributed by atoms with van der Waals surface area (Å²) in [4.78, 5) is 0. The molecule has 1 saturated heterocycles. The summed E-state index contributed by atoms with van der Waals surface area (Å²) < 4.78 is 5.52. The molecule has 1 N–H and O–H groups in total. The quantitative estimate of drug-likeness (QED) is 0.790. The van der Waals surface area contributed by atoms with E-state index in [0.717, 1.165) is 5.56 Å². The molecule has 0 spiro atoms. The number of hydrogen-bond donors (Lipinski definition) is 1. The summed E-state index contributed by atoms with van der Waals surface area (Å²) in [6, 6.07) is 9.83. The minimum Gasteiger partial charge on any atom is -0.383 e. The SMILES string of the molecule is C=CC(C)(C)[C@]1(O)CO[C@H]1c1ccccc1. The Morgan fingerprint density at radius 2 is 2.06 bits per heavy atom. The lowest BCUT2D eigenvalue weighted by molar-refractivity contribution is -0.278. The Balaban J connectivity index is 2.30. The Kier molecular flexibility index (Phi) is 2.64. The molecular weight excluding hydrogens is 200 g/mol. The smallest absolute Gasteiger partial charge is 0.127 e. The van der Waals surface area contributed by atoms with Gasteiger partial charge in [-0.05, 0) is 5.56 Å². The molecule has 0 unspecified atom stereocenters. The second-order valence-electron chi connectivity index (χ2n) is 4.95. The monoisotopic (exact) mass is 218 g/mol. The first-order chi connectivity index (χ1) is 7.51. The zero-order chi connectivity index (χ0) is 11.8. The van der Waals surface area contributed by atoms with E-state index in [4.69, 9.17) is 4.74 Å². The molecule has 2 heteroatoms. The Bertz CT molecular complexity index is 383. The van der Waals surface area contributed by atoms with Crippen LogP contribution in [0.2, 0.25) is 0 Å². The van der Waals surface area contributed by atoms with Crippen LogP contribution in [0.5, 0.6) is 0 Å². The molecule has 0 aromatic heterocycles. The van der Waals surface area contributed by atoms with Gasteiger partial charge >= 0.3 is 0 Å². The summed E-state index contributed by atoms with van der Waals surface area (Å²) in [5.41, 5.74) is -0.187. The molecule has 2 rings (SSSR count). The topological polar surface area (TPSA) is 29.5 Å². The third-order valence-corrected chi connectivity index (χ3v) is 3.63. The fourth-order valence-electron chi connectivity index (χ4n) is 2.02. The molecule has 1 aromatic rings. The van der Waals surface area contributed by atoms with Crippen molar-refractivity contribution >= 4 is 0 Å². The molecule has 2 atom stereocenters. The lowest BCUT2D eigenvalue weighted by Gasteiger charge is -2.53. The maximum atomic E-state index is 10.7. The third kappa shape index (κ3) is 1.49. The summed E-state index contributed by atoms with van der Waals surface area (Å²) >= 11 is 0. The number of hydrogen-bond acceptors (Lipinski definition) is 2. The molecule has 2 nitrogen and oxygen atoms in total. The standard InChI is InChI=1S/C14H18O2/c1-4-13(2,3)14(15)10-16-12(14)11-8-6-5-7-9-11/h4-9,12,15H,1,10H2,2-3H3/t12-,14-/m0/s1. The highest BCUT2D eigenvalue weighted by molar-refractivity contribution is 5.26. The van der Waals surface area contributed by atoms with Gasteiger partial charge in [0, 0.05) is 5.41 Å². The van der Waals surface area contributed by atoms with Gasteiger partial charge in [-0.15, -0.1) is 6.58 Å². The van der Waals surface area contributed by atoms with Crippen molar-refractivity contribution in [3.05, 3.63) is 48.6 Å². The van der Waals surface area contributed by atoms with Crippen LogP contribution >= 0.6 is 0 Å². The zero-order valence-electron chi connectivity index (χ0n) is 9.81. The summed E-state index contributed by atoms with van der Waals surface area (Å²) in [6.45, 7) is 8.13. The molecule has 16 heavy (non-hydrogen) atoms. The van der Waals surface area contributed by atoms with Gasteiger partial charge in [0.15, 0.2) is 0 Å². The lowest BCUT2D eigenvalue weighted by atomic mass is 9.67. The van der Waals surface area contributed by atoms with Gasteiger partial charge in [0.05, 0.1) is 6.61 Å². The third-order valence-electron chi connectivity index (χ3n) is 3.63. The molecule has 0 saturated carbocycles. The summed E-state index contributed by atoms with van der Waals surface area (Å²) in [5, 5.41) is 10.7. The average Bonchev–Trinajstić information content (AvgIpc) is 2.28. The Morgan fingerprint density at radius 1 is 1.44 bits per heavy atom. The van der Waals surface area contributed by atoms with Crippen LogP contribution < -0.4 is 0 Å². The summed E-state index contributed by atoms with van der Waals surface area (Å²) in [7, 11) is 0. The van der Waals surface area contributed by atoms with Crippen LogP contribution in [0.25, 0.3) is 0 Å².